The first kappa shape index (κ1) is 22.7. The maximum atomic E-state index is 6.50. The smallest absolute Gasteiger partial charge is 0.143 e. The Morgan fingerprint density at radius 1 is 0.512 bits per heavy atom. The van der Waals surface area contributed by atoms with Crippen LogP contribution in [0.1, 0.15) is 25.0 Å². The van der Waals surface area contributed by atoms with Gasteiger partial charge in [0.15, 0.2) is 0 Å². The van der Waals surface area contributed by atoms with E-state index in [0.717, 1.165) is 38.8 Å². The summed E-state index contributed by atoms with van der Waals surface area (Å²) in [5, 5.41) is 4.83. The highest BCUT2D eigenvalue weighted by Gasteiger charge is 2.36. The van der Waals surface area contributed by atoms with Crippen molar-refractivity contribution < 1.29 is 4.42 Å². The highest BCUT2D eigenvalue weighted by Crippen LogP contribution is 2.51. The lowest BCUT2D eigenvalue weighted by atomic mass is 9.82. The topological polar surface area (TPSA) is 18.1 Å². The summed E-state index contributed by atoms with van der Waals surface area (Å²) in [6.07, 6.45) is 0. The first-order valence-electron chi connectivity index (χ1n) is 14.3. The van der Waals surface area contributed by atoms with Crippen LogP contribution in [0.15, 0.2) is 132 Å². The van der Waals surface area contributed by atoms with Crippen molar-refractivity contribution in [3.05, 3.63) is 139 Å². The molecule has 41 heavy (non-hydrogen) atoms. The van der Waals surface area contributed by atoms with Gasteiger partial charge in [-0.15, -0.1) is 0 Å². The van der Waals surface area contributed by atoms with E-state index in [4.69, 9.17) is 4.42 Å². The maximum Gasteiger partial charge on any atom is 0.143 e. The van der Waals surface area contributed by atoms with Crippen LogP contribution in [0.5, 0.6) is 0 Å². The molecular weight excluding hydrogens is 498 g/mol. The lowest BCUT2D eigenvalue weighted by molar-refractivity contribution is 0.661. The van der Waals surface area contributed by atoms with Gasteiger partial charge in [-0.2, -0.15) is 0 Å². The lowest BCUT2D eigenvalue weighted by Gasteiger charge is -2.21. The second-order valence-electron chi connectivity index (χ2n) is 11.8. The Morgan fingerprint density at radius 3 is 2.12 bits per heavy atom. The standard InChI is InChI=1S/C39H27NO/c1-39(2)33-17-9-6-14-26(33)30-22-31-27-15-7-10-18-35(27)40(36(31)23-34(30)39)25-20-29(24-12-4-3-5-13-24)38-32(21-25)28-16-8-11-19-37(28)41-38/h3-23H,1-2H3. The molecule has 2 aromatic heterocycles. The van der Waals surface area contributed by atoms with Crippen molar-refractivity contribution in [1.82, 2.24) is 4.57 Å². The number of para-hydroxylation sites is 2. The largest absolute Gasteiger partial charge is 0.455 e. The van der Waals surface area contributed by atoms with Crippen molar-refractivity contribution >= 4 is 43.7 Å². The number of aromatic nitrogens is 1. The second-order valence-corrected chi connectivity index (χ2v) is 11.8. The van der Waals surface area contributed by atoms with E-state index in [9.17, 15) is 0 Å². The molecule has 1 aliphatic rings. The summed E-state index contributed by atoms with van der Waals surface area (Å²) in [6.45, 7) is 4.71. The van der Waals surface area contributed by atoms with E-state index >= 15 is 0 Å². The first-order valence-corrected chi connectivity index (χ1v) is 14.3. The van der Waals surface area contributed by atoms with Crippen LogP contribution in [0, 0.1) is 0 Å². The summed E-state index contributed by atoms with van der Waals surface area (Å²) >= 11 is 0. The Bertz CT molecular complexity index is 2330. The molecule has 8 aromatic rings. The summed E-state index contributed by atoms with van der Waals surface area (Å²) in [5.74, 6) is 0. The average Bonchev–Trinajstić information content (AvgIpc) is 3.62. The van der Waals surface area contributed by atoms with E-state index in [0.29, 0.717) is 0 Å². The van der Waals surface area contributed by atoms with E-state index in [2.05, 4.69) is 140 Å². The SMILES string of the molecule is CC1(C)c2ccccc2-c2cc3c4ccccc4n(-c4cc(-c5ccccc5)c5oc6ccccc6c5c4)c3cc21. The molecule has 0 unspecified atom stereocenters. The molecule has 194 valence electrons. The van der Waals surface area contributed by atoms with Crippen LogP contribution in [0.4, 0.5) is 0 Å². The van der Waals surface area contributed by atoms with Crippen LogP contribution in [-0.2, 0) is 5.41 Å². The minimum atomic E-state index is -0.0681. The van der Waals surface area contributed by atoms with Crippen molar-refractivity contribution in [3.8, 4) is 27.9 Å². The molecule has 0 spiro atoms. The summed E-state index contributed by atoms with van der Waals surface area (Å²) < 4.78 is 8.96. The van der Waals surface area contributed by atoms with E-state index < -0.39 is 0 Å². The predicted molar refractivity (Wildman–Crippen MR) is 171 cm³/mol. The molecule has 0 saturated heterocycles. The normalized spacial score (nSPS) is 13.8. The van der Waals surface area contributed by atoms with Crippen molar-refractivity contribution in [2.45, 2.75) is 19.3 Å². The summed E-state index contributed by atoms with van der Waals surface area (Å²) in [4.78, 5) is 0. The fourth-order valence-electron chi connectivity index (χ4n) is 7.21. The van der Waals surface area contributed by atoms with Crippen LogP contribution < -0.4 is 0 Å². The van der Waals surface area contributed by atoms with E-state index in [-0.39, 0.29) is 5.41 Å². The number of fused-ring (bicyclic) bond motifs is 9. The number of rotatable bonds is 2. The van der Waals surface area contributed by atoms with Gasteiger partial charge in [-0.25, -0.2) is 0 Å². The Hall–Kier alpha value is -5.08. The van der Waals surface area contributed by atoms with Crippen molar-refractivity contribution in [1.29, 1.82) is 0 Å². The van der Waals surface area contributed by atoms with Gasteiger partial charge in [0, 0.05) is 38.2 Å². The molecule has 2 heteroatoms. The highest BCUT2D eigenvalue weighted by molar-refractivity contribution is 6.14. The fraction of sp³-hybridized carbons (Fsp3) is 0.0769. The molecule has 0 fully saturated rings. The van der Waals surface area contributed by atoms with E-state index in [1.165, 1.54) is 44.1 Å². The molecule has 0 radical (unpaired) electrons. The Balaban J connectivity index is 1.42. The van der Waals surface area contributed by atoms with Gasteiger partial charge < -0.3 is 8.98 Å². The van der Waals surface area contributed by atoms with Crippen LogP contribution in [0.3, 0.4) is 0 Å². The molecule has 2 heterocycles. The molecule has 2 nitrogen and oxygen atoms in total. The average molecular weight is 526 g/mol. The van der Waals surface area contributed by atoms with Crippen molar-refractivity contribution in [2.24, 2.45) is 0 Å². The monoisotopic (exact) mass is 525 g/mol. The molecule has 0 aliphatic heterocycles. The van der Waals surface area contributed by atoms with Gasteiger partial charge in [0.25, 0.3) is 0 Å². The number of hydrogen-bond acceptors (Lipinski definition) is 1. The van der Waals surface area contributed by atoms with Gasteiger partial charge in [-0.3, -0.25) is 0 Å². The first-order chi connectivity index (χ1) is 20.1. The maximum absolute atomic E-state index is 6.50. The summed E-state index contributed by atoms with van der Waals surface area (Å²) in [7, 11) is 0. The highest BCUT2D eigenvalue weighted by atomic mass is 16.3. The molecule has 0 N–H and O–H groups in total. The zero-order valence-corrected chi connectivity index (χ0v) is 23.0. The van der Waals surface area contributed by atoms with Gasteiger partial charge in [-0.05, 0) is 64.2 Å². The summed E-state index contributed by atoms with van der Waals surface area (Å²) in [5.41, 5.74) is 13.1. The van der Waals surface area contributed by atoms with Gasteiger partial charge >= 0.3 is 0 Å². The Labute approximate surface area is 238 Å². The van der Waals surface area contributed by atoms with Crippen LogP contribution in [0.2, 0.25) is 0 Å². The van der Waals surface area contributed by atoms with Crippen LogP contribution in [0.25, 0.3) is 71.7 Å². The molecule has 9 rings (SSSR count). The van der Waals surface area contributed by atoms with Gasteiger partial charge in [0.05, 0.1) is 11.0 Å². The minimum absolute atomic E-state index is 0.0681. The van der Waals surface area contributed by atoms with Crippen LogP contribution in [-0.4, -0.2) is 4.57 Å². The molecule has 0 amide bonds. The third kappa shape index (κ3) is 3.02. The zero-order valence-electron chi connectivity index (χ0n) is 23.0. The van der Waals surface area contributed by atoms with E-state index in [1.54, 1.807) is 0 Å². The molecule has 1 aliphatic carbocycles. The Morgan fingerprint density at radius 2 is 1.24 bits per heavy atom. The third-order valence-electron chi connectivity index (χ3n) is 9.18. The lowest BCUT2D eigenvalue weighted by Crippen LogP contribution is -2.14. The molecular formula is C39H27NO. The Kier molecular flexibility index (Phi) is 4.42. The van der Waals surface area contributed by atoms with Crippen LogP contribution >= 0.6 is 0 Å². The zero-order chi connectivity index (χ0) is 27.3. The summed E-state index contributed by atoms with van der Waals surface area (Å²) in [6, 6.07) is 46.2. The quantitative estimate of drug-likeness (QED) is 0.219. The van der Waals surface area contributed by atoms with Gasteiger partial charge in [-0.1, -0.05) is 105 Å². The van der Waals surface area contributed by atoms with Crippen molar-refractivity contribution in [3.63, 3.8) is 0 Å². The number of nitrogens with zero attached hydrogens (tertiary/aromatic N) is 1. The molecule has 6 aromatic carbocycles. The fourth-order valence-corrected chi connectivity index (χ4v) is 7.21. The number of hydrogen-bond donors (Lipinski definition) is 0. The molecule has 0 atom stereocenters. The number of furan rings is 1. The van der Waals surface area contributed by atoms with E-state index in [1.807, 2.05) is 6.07 Å². The third-order valence-corrected chi connectivity index (χ3v) is 9.18. The molecule has 0 saturated carbocycles. The minimum Gasteiger partial charge on any atom is -0.455 e. The second kappa shape index (κ2) is 7.99. The van der Waals surface area contributed by atoms with Gasteiger partial charge in [0.2, 0.25) is 0 Å². The van der Waals surface area contributed by atoms with Crippen molar-refractivity contribution in [2.75, 3.05) is 0 Å². The number of benzene rings is 6. The molecule has 0 bridgehead atoms. The van der Waals surface area contributed by atoms with Gasteiger partial charge in [0.1, 0.15) is 11.2 Å². The predicted octanol–water partition coefficient (Wildman–Crippen LogP) is 10.7.